The first-order valence-electron chi connectivity index (χ1n) is 5.98. The fourth-order valence-electron chi connectivity index (χ4n) is 2.18. The van der Waals surface area contributed by atoms with Gasteiger partial charge in [-0.1, -0.05) is 18.3 Å². The minimum absolute atomic E-state index is 0.0875. The number of hydrogen-bond donors (Lipinski definition) is 2. The Morgan fingerprint density at radius 1 is 1.61 bits per heavy atom. The van der Waals surface area contributed by atoms with E-state index in [0.717, 1.165) is 41.7 Å². The maximum Gasteiger partial charge on any atom is 0.107 e. The normalized spacial score (nSPS) is 23.0. The molecule has 1 aromatic carbocycles. The summed E-state index contributed by atoms with van der Waals surface area (Å²) in [5.74, 6) is 0. The third-order valence-electron chi connectivity index (χ3n) is 3.21. The molecule has 1 atom stereocenters. The van der Waals surface area contributed by atoms with E-state index in [9.17, 15) is 0 Å². The standard InChI is InChI=1S/C13H17BrN2OS/c1-13(6-3-7-17-13)8-16-10-5-2-4-9(14)11(10)12(15)18/h2,4-5,16H,3,6-8H2,1H3,(H2,15,18). The number of rotatable bonds is 4. The first-order valence-corrected chi connectivity index (χ1v) is 7.18. The van der Waals surface area contributed by atoms with Gasteiger partial charge in [0.15, 0.2) is 0 Å². The maximum atomic E-state index is 5.76. The molecular formula is C13H17BrN2OS. The molecule has 3 N–H and O–H groups in total. The van der Waals surface area contributed by atoms with Crippen molar-refractivity contribution in [1.29, 1.82) is 0 Å². The van der Waals surface area contributed by atoms with Crippen molar-refractivity contribution < 1.29 is 4.74 Å². The number of thiocarbonyl (C=S) groups is 1. The second kappa shape index (κ2) is 5.55. The smallest absolute Gasteiger partial charge is 0.107 e. The second-order valence-corrected chi connectivity index (χ2v) is 6.08. The zero-order chi connectivity index (χ0) is 13.2. The van der Waals surface area contributed by atoms with Crippen molar-refractivity contribution in [3.8, 4) is 0 Å². The van der Waals surface area contributed by atoms with E-state index in [-0.39, 0.29) is 5.60 Å². The molecule has 1 aromatic rings. The van der Waals surface area contributed by atoms with E-state index < -0.39 is 0 Å². The summed E-state index contributed by atoms with van der Waals surface area (Å²) >= 11 is 8.57. The van der Waals surface area contributed by atoms with E-state index in [2.05, 4.69) is 28.2 Å². The molecule has 0 aromatic heterocycles. The van der Waals surface area contributed by atoms with E-state index in [4.69, 9.17) is 22.7 Å². The van der Waals surface area contributed by atoms with E-state index in [1.807, 2.05) is 18.2 Å². The lowest BCUT2D eigenvalue weighted by Crippen LogP contribution is -2.33. The molecule has 0 aliphatic carbocycles. The summed E-state index contributed by atoms with van der Waals surface area (Å²) in [6.07, 6.45) is 2.20. The van der Waals surface area contributed by atoms with Crippen LogP contribution in [0.1, 0.15) is 25.3 Å². The van der Waals surface area contributed by atoms with Crippen LogP contribution in [0.2, 0.25) is 0 Å². The number of benzene rings is 1. The molecule has 2 rings (SSSR count). The average molecular weight is 329 g/mol. The van der Waals surface area contributed by atoms with Crippen LogP contribution in [0.4, 0.5) is 5.69 Å². The van der Waals surface area contributed by atoms with Crippen molar-refractivity contribution in [3.63, 3.8) is 0 Å². The Labute approximate surface area is 121 Å². The van der Waals surface area contributed by atoms with Gasteiger partial charge in [0, 0.05) is 28.9 Å². The Morgan fingerprint density at radius 3 is 3.00 bits per heavy atom. The molecule has 1 saturated heterocycles. The minimum Gasteiger partial charge on any atom is -0.389 e. The lowest BCUT2D eigenvalue weighted by atomic mass is 10.0. The maximum absolute atomic E-state index is 5.76. The van der Waals surface area contributed by atoms with Crippen molar-refractivity contribution in [2.45, 2.75) is 25.4 Å². The fraction of sp³-hybridized carbons (Fsp3) is 0.462. The first-order chi connectivity index (χ1) is 8.52. The number of nitrogens with one attached hydrogen (secondary N) is 1. The molecule has 1 fully saturated rings. The molecule has 1 aliphatic rings. The first kappa shape index (κ1) is 13.8. The molecule has 0 bridgehead atoms. The molecule has 0 spiro atoms. The van der Waals surface area contributed by atoms with Gasteiger partial charge in [0.1, 0.15) is 4.99 Å². The number of ether oxygens (including phenoxy) is 1. The van der Waals surface area contributed by atoms with Gasteiger partial charge in [-0.25, -0.2) is 0 Å². The zero-order valence-corrected chi connectivity index (χ0v) is 12.7. The number of nitrogens with two attached hydrogens (primary N) is 1. The van der Waals surface area contributed by atoms with Crippen LogP contribution in [-0.2, 0) is 4.74 Å². The van der Waals surface area contributed by atoms with E-state index >= 15 is 0 Å². The third-order valence-corrected chi connectivity index (χ3v) is 4.08. The van der Waals surface area contributed by atoms with Crippen LogP contribution >= 0.6 is 28.1 Å². The topological polar surface area (TPSA) is 47.3 Å². The summed E-state index contributed by atoms with van der Waals surface area (Å²) in [5, 5.41) is 3.40. The monoisotopic (exact) mass is 328 g/mol. The molecule has 1 heterocycles. The highest BCUT2D eigenvalue weighted by molar-refractivity contribution is 9.10. The molecule has 0 saturated carbocycles. The molecule has 0 radical (unpaired) electrons. The lowest BCUT2D eigenvalue weighted by Gasteiger charge is -2.25. The van der Waals surface area contributed by atoms with Gasteiger partial charge in [0.05, 0.1) is 5.60 Å². The minimum atomic E-state index is -0.0875. The van der Waals surface area contributed by atoms with Crippen LogP contribution in [0, 0.1) is 0 Å². The molecule has 98 valence electrons. The Hall–Kier alpha value is -0.650. The molecule has 1 unspecified atom stereocenters. The van der Waals surface area contributed by atoms with Crippen molar-refractivity contribution >= 4 is 38.8 Å². The lowest BCUT2D eigenvalue weighted by molar-refractivity contribution is 0.0315. The molecule has 0 amide bonds. The summed E-state index contributed by atoms with van der Waals surface area (Å²) in [4.78, 5) is 0.391. The highest BCUT2D eigenvalue weighted by atomic mass is 79.9. The predicted molar refractivity (Wildman–Crippen MR) is 82.1 cm³/mol. The van der Waals surface area contributed by atoms with Crippen molar-refractivity contribution in [2.24, 2.45) is 5.73 Å². The quantitative estimate of drug-likeness (QED) is 0.834. The van der Waals surface area contributed by atoms with E-state index in [1.165, 1.54) is 0 Å². The zero-order valence-electron chi connectivity index (χ0n) is 10.3. The van der Waals surface area contributed by atoms with Gasteiger partial charge in [-0.3, -0.25) is 0 Å². The van der Waals surface area contributed by atoms with Crippen LogP contribution < -0.4 is 11.1 Å². The summed E-state index contributed by atoms with van der Waals surface area (Å²) in [6, 6.07) is 5.89. The molecule has 5 heteroatoms. The summed E-state index contributed by atoms with van der Waals surface area (Å²) in [6.45, 7) is 3.74. The highest BCUT2D eigenvalue weighted by Crippen LogP contribution is 2.28. The highest BCUT2D eigenvalue weighted by Gasteiger charge is 2.29. The van der Waals surface area contributed by atoms with Gasteiger partial charge in [0.25, 0.3) is 0 Å². The van der Waals surface area contributed by atoms with Gasteiger partial charge in [-0.05, 0) is 47.8 Å². The van der Waals surface area contributed by atoms with Gasteiger partial charge in [-0.15, -0.1) is 0 Å². The van der Waals surface area contributed by atoms with Gasteiger partial charge < -0.3 is 15.8 Å². The molecule has 1 aliphatic heterocycles. The second-order valence-electron chi connectivity index (χ2n) is 4.78. The summed E-state index contributed by atoms with van der Waals surface area (Å²) in [7, 11) is 0. The molecule has 18 heavy (non-hydrogen) atoms. The van der Waals surface area contributed by atoms with Gasteiger partial charge >= 0.3 is 0 Å². The SMILES string of the molecule is CC1(CNc2cccc(Br)c2C(N)=S)CCCO1. The average Bonchev–Trinajstić information content (AvgIpc) is 2.73. The Morgan fingerprint density at radius 2 is 2.39 bits per heavy atom. The van der Waals surface area contributed by atoms with Crippen molar-refractivity contribution in [3.05, 3.63) is 28.2 Å². The fourth-order valence-corrected chi connectivity index (χ4v) is 3.11. The number of anilines is 1. The predicted octanol–water partition coefficient (Wildman–Crippen LogP) is 3.06. The number of halogens is 1. The Balaban J connectivity index is 2.14. The van der Waals surface area contributed by atoms with Gasteiger partial charge in [-0.2, -0.15) is 0 Å². The summed E-state index contributed by atoms with van der Waals surface area (Å²) < 4.78 is 6.67. The summed E-state index contributed by atoms with van der Waals surface area (Å²) in [5.41, 5.74) is 7.48. The van der Waals surface area contributed by atoms with Crippen LogP contribution in [-0.4, -0.2) is 23.7 Å². The van der Waals surface area contributed by atoms with Crippen LogP contribution in [0.5, 0.6) is 0 Å². The Kier molecular flexibility index (Phi) is 4.25. The molecule has 3 nitrogen and oxygen atoms in total. The largest absolute Gasteiger partial charge is 0.389 e. The van der Waals surface area contributed by atoms with Crippen LogP contribution in [0.25, 0.3) is 0 Å². The third kappa shape index (κ3) is 3.02. The van der Waals surface area contributed by atoms with Crippen LogP contribution in [0.15, 0.2) is 22.7 Å². The van der Waals surface area contributed by atoms with Crippen molar-refractivity contribution in [2.75, 3.05) is 18.5 Å². The van der Waals surface area contributed by atoms with Crippen LogP contribution in [0.3, 0.4) is 0 Å². The molecular weight excluding hydrogens is 312 g/mol. The van der Waals surface area contributed by atoms with Gasteiger partial charge in [0.2, 0.25) is 0 Å². The number of hydrogen-bond acceptors (Lipinski definition) is 3. The van der Waals surface area contributed by atoms with Crippen molar-refractivity contribution in [1.82, 2.24) is 0 Å². The van der Waals surface area contributed by atoms with E-state index in [0.29, 0.717) is 4.99 Å². The van der Waals surface area contributed by atoms with E-state index in [1.54, 1.807) is 0 Å². The Bertz CT molecular complexity index is 458.